The van der Waals surface area contributed by atoms with E-state index in [0.717, 1.165) is 35.4 Å². The van der Waals surface area contributed by atoms with E-state index in [1.165, 1.54) is 4.90 Å². The molecular formula is C15H20N4S2. The van der Waals surface area contributed by atoms with Gasteiger partial charge in [0, 0.05) is 23.2 Å². The fraction of sp³-hybridized carbons (Fsp3) is 0.333. The number of rotatable bonds is 7. The first-order valence-electron chi connectivity index (χ1n) is 6.83. The topological polar surface area (TPSA) is 49.8 Å². The van der Waals surface area contributed by atoms with Gasteiger partial charge < -0.3 is 10.6 Å². The summed E-state index contributed by atoms with van der Waals surface area (Å²) in [6.07, 6.45) is 5.12. The molecule has 0 saturated heterocycles. The monoisotopic (exact) mass is 320 g/mol. The van der Waals surface area contributed by atoms with Crippen LogP contribution in [0.15, 0.2) is 40.4 Å². The van der Waals surface area contributed by atoms with Gasteiger partial charge in [0.1, 0.15) is 11.6 Å². The van der Waals surface area contributed by atoms with Crippen LogP contribution in [0.4, 0.5) is 17.3 Å². The molecule has 0 fully saturated rings. The summed E-state index contributed by atoms with van der Waals surface area (Å²) >= 11 is 3.27. The molecule has 2 aromatic rings. The lowest BCUT2D eigenvalue weighted by atomic mass is 10.3. The summed E-state index contributed by atoms with van der Waals surface area (Å²) in [5, 5.41) is 7.43. The highest BCUT2D eigenvalue weighted by Gasteiger charge is 2.04. The van der Waals surface area contributed by atoms with E-state index in [9.17, 15) is 0 Å². The summed E-state index contributed by atoms with van der Waals surface area (Å²) in [5.41, 5.74) is 1.04. The van der Waals surface area contributed by atoms with Gasteiger partial charge in [-0.15, -0.1) is 11.8 Å². The summed E-state index contributed by atoms with van der Waals surface area (Å²) in [7, 11) is 0. The Kier molecular flexibility index (Phi) is 6.20. The number of thioether (sulfide) groups is 2. The van der Waals surface area contributed by atoms with E-state index in [0.29, 0.717) is 0 Å². The highest BCUT2D eigenvalue weighted by molar-refractivity contribution is 7.98. The molecule has 0 aliphatic heterocycles. The number of benzene rings is 1. The van der Waals surface area contributed by atoms with Crippen molar-refractivity contribution in [2.45, 2.75) is 23.4 Å². The Hall–Kier alpha value is -1.40. The largest absolute Gasteiger partial charge is 0.370 e. The zero-order chi connectivity index (χ0) is 15.1. The standard InChI is InChI=1S/C15H20N4S2/c1-4-8-16-13-10-14(19-15(18-13)21-3)17-11-6-5-7-12(9-11)20-2/h5-7,9-10H,4,8H2,1-3H3,(H2,16,17,18,19). The molecule has 2 N–H and O–H groups in total. The van der Waals surface area contributed by atoms with Crippen molar-refractivity contribution in [1.29, 1.82) is 0 Å². The first-order chi connectivity index (χ1) is 10.2. The zero-order valence-corrected chi connectivity index (χ0v) is 14.1. The number of nitrogens with one attached hydrogen (secondary N) is 2. The van der Waals surface area contributed by atoms with Crippen molar-refractivity contribution in [1.82, 2.24) is 9.97 Å². The van der Waals surface area contributed by atoms with Crippen LogP contribution in [-0.4, -0.2) is 29.0 Å². The molecule has 0 bridgehead atoms. The summed E-state index contributed by atoms with van der Waals surface area (Å²) in [5.74, 6) is 1.67. The van der Waals surface area contributed by atoms with Crippen LogP contribution in [0, 0.1) is 0 Å². The van der Waals surface area contributed by atoms with Gasteiger partial charge in [-0.1, -0.05) is 24.8 Å². The second-order valence-electron chi connectivity index (χ2n) is 4.41. The highest BCUT2D eigenvalue weighted by Crippen LogP contribution is 2.24. The number of hydrogen-bond acceptors (Lipinski definition) is 6. The molecule has 0 aliphatic rings. The van der Waals surface area contributed by atoms with E-state index >= 15 is 0 Å². The molecule has 112 valence electrons. The zero-order valence-electron chi connectivity index (χ0n) is 12.5. The highest BCUT2D eigenvalue weighted by atomic mass is 32.2. The van der Waals surface area contributed by atoms with Gasteiger partial charge in [0.2, 0.25) is 0 Å². The molecule has 21 heavy (non-hydrogen) atoms. The Balaban J connectivity index is 2.21. The van der Waals surface area contributed by atoms with Gasteiger partial charge in [0.25, 0.3) is 0 Å². The first kappa shape index (κ1) is 16.0. The van der Waals surface area contributed by atoms with Crippen molar-refractivity contribution in [2.24, 2.45) is 0 Å². The molecule has 1 aromatic heterocycles. The van der Waals surface area contributed by atoms with E-state index < -0.39 is 0 Å². The average Bonchev–Trinajstić information content (AvgIpc) is 2.52. The maximum atomic E-state index is 4.50. The minimum Gasteiger partial charge on any atom is -0.370 e. The predicted molar refractivity (Wildman–Crippen MR) is 94.1 cm³/mol. The minimum absolute atomic E-state index is 0.764. The third kappa shape index (κ3) is 4.82. The second-order valence-corrected chi connectivity index (χ2v) is 6.06. The van der Waals surface area contributed by atoms with Crippen LogP contribution in [-0.2, 0) is 0 Å². The number of nitrogens with zero attached hydrogens (tertiary/aromatic N) is 2. The summed E-state index contributed by atoms with van der Waals surface area (Å²) in [4.78, 5) is 10.2. The number of anilines is 3. The lowest BCUT2D eigenvalue weighted by Crippen LogP contribution is -2.05. The lowest BCUT2D eigenvalue weighted by molar-refractivity contribution is 0.929. The van der Waals surface area contributed by atoms with Crippen LogP contribution >= 0.6 is 23.5 Å². The van der Waals surface area contributed by atoms with Gasteiger partial charge in [0.05, 0.1) is 0 Å². The molecule has 0 radical (unpaired) electrons. The van der Waals surface area contributed by atoms with Gasteiger partial charge in [-0.2, -0.15) is 0 Å². The maximum absolute atomic E-state index is 4.50. The van der Waals surface area contributed by atoms with Gasteiger partial charge in [0.15, 0.2) is 5.16 Å². The molecule has 0 aliphatic carbocycles. The van der Waals surface area contributed by atoms with E-state index in [1.807, 2.05) is 24.5 Å². The van der Waals surface area contributed by atoms with Crippen LogP contribution in [0.25, 0.3) is 0 Å². The van der Waals surface area contributed by atoms with Crippen molar-refractivity contribution >= 4 is 40.8 Å². The minimum atomic E-state index is 0.764. The Labute approximate surface area is 134 Å². The van der Waals surface area contributed by atoms with Crippen molar-refractivity contribution in [3.8, 4) is 0 Å². The lowest BCUT2D eigenvalue weighted by Gasteiger charge is -2.10. The number of hydrogen-bond donors (Lipinski definition) is 2. The molecule has 1 aromatic carbocycles. The van der Waals surface area contributed by atoms with E-state index in [-0.39, 0.29) is 0 Å². The molecule has 0 amide bonds. The molecule has 0 spiro atoms. The normalized spacial score (nSPS) is 10.4. The molecule has 0 atom stereocenters. The Morgan fingerprint density at radius 2 is 1.86 bits per heavy atom. The fourth-order valence-corrected chi connectivity index (χ4v) is 2.61. The van der Waals surface area contributed by atoms with Crippen molar-refractivity contribution in [3.63, 3.8) is 0 Å². The van der Waals surface area contributed by atoms with Gasteiger partial charge in [-0.3, -0.25) is 0 Å². The third-order valence-electron chi connectivity index (χ3n) is 2.79. The van der Waals surface area contributed by atoms with Gasteiger partial charge in [-0.05, 0) is 37.1 Å². The summed E-state index contributed by atoms with van der Waals surface area (Å²) < 4.78 is 0. The van der Waals surface area contributed by atoms with E-state index in [1.54, 1.807) is 23.5 Å². The molecular weight excluding hydrogens is 300 g/mol. The van der Waals surface area contributed by atoms with E-state index in [2.05, 4.69) is 45.9 Å². The Morgan fingerprint density at radius 1 is 1.05 bits per heavy atom. The molecule has 0 unspecified atom stereocenters. The average molecular weight is 320 g/mol. The van der Waals surface area contributed by atoms with Gasteiger partial charge >= 0.3 is 0 Å². The maximum Gasteiger partial charge on any atom is 0.191 e. The summed E-state index contributed by atoms with van der Waals surface area (Å²) in [6, 6.07) is 10.2. The quantitative estimate of drug-likeness (QED) is 0.579. The molecule has 2 rings (SSSR count). The molecule has 0 saturated carbocycles. The molecule has 6 heteroatoms. The van der Waals surface area contributed by atoms with Gasteiger partial charge in [-0.25, -0.2) is 9.97 Å². The Morgan fingerprint density at radius 3 is 2.57 bits per heavy atom. The number of aromatic nitrogens is 2. The SMILES string of the molecule is CCCNc1cc(Nc2cccc(SC)c2)nc(SC)n1. The second kappa shape index (κ2) is 8.14. The first-order valence-corrected chi connectivity index (χ1v) is 9.28. The van der Waals surface area contributed by atoms with Crippen LogP contribution in [0.5, 0.6) is 0 Å². The summed E-state index contributed by atoms with van der Waals surface area (Å²) in [6.45, 7) is 3.04. The van der Waals surface area contributed by atoms with Crippen molar-refractivity contribution < 1.29 is 0 Å². The smallest absolute Gasteiger partial charge is 0.191 e. The van der Waals surface area contributed by atoms with Crippen molar-refractivity contribution in [3.05, 3.63) is 30.3 Å². The molecule has 4 nitrogen and oxygen atoms in total. The fourth-order valence-electron chi connectivity index (χ4n) is 1.77. The van der Waals surface area contributed by atoms with Crippen LogP contribution in [0.3, 0.4) is 0 Å². The van der Waals surface area contributed by atoms with Crippen LogP contribution < -0.4 is 10.6 Å². The van der Waals surface area contributed by atoms with Crippen LogP contribution in [0.1, 0.15) is 13.3 Å². The predicted octanol–water partition coefficient (Wildman–Crippen LogP) is 4.49. The Bertz CT molecular complexity index is 590. The molecule has 1 heterocycles. The van der Waals surface area contributed by atoms with Crippen molar-refractivity contribution in [2.75, 3.05) is 29.7 Å². The van der Waals surface area contributed by atoms with E-state index in [4.69, 9.17) is 0 Å². The third-order valence-corrected chi connectivity index (χ3v) is 4.06. The van der Waals surface area contributed by atoms with Crippen LogP contribution in [0.2, 0.25) is 0 Å².